The molecule has 0 saturated carbocycles. The quantitative estimate of drug-likeness (QED) is 0.653. The Hall–Kier alpha value is -2.29. The Morgan fingerprint density at radius 2 is 1.90 bits per heavy atom. The van der Waals surface area contributed by atoms with Gasteiger partial charge < -0.3 is 4.74 Å². The van der Waals surface area contributed by atoms with Crippen LogP contribution in [0.4, 0.5) is 5.69 Å². The number of ether oxygens (including phenoxy) is 1. The number of hydrogen-bond acceptors (Lipinski definition) is 3. The lowest BCUT2D eigenvalue weighted by Crippen LogP contribution is -2.00. The molecule has 1 N–H and O–H groups in total. The summed E-state index contributed by atoms with van der Waals surface area (Å²) in [7, 11) is 0. The standard InChI is InChI=1S/C17H20N2O/c1-4-20-17-14(3)10-13(2)11-15(17)12-18-19-16-8-6-5-7-9-16/h5-12,19H,4H2,1-3H3. The second-order valence-corrected chi connectivity index (χ2v) is 4.67. The fraction of sp³-hybridized carbons (Fsp3) is 0.235. The molecule has 0 saturated heterocycles. The maximum Gasteiger partial charge on any atom is 0.131 e. The molecule has 20 heavy (non-hydrogen) atoms. The van der Waals surface area contributed by atoms with E-state index in [1.54, 1.807) is 6.21 Å². The van der Waals surface area contributed by atoms with Crippen molar-refractivity contribution in [3.05, 3.63) is 59.2 Å². The van der Waals surface area contributed by atoms with E-state index in [4.69, 9.17) is 4.74 Å². The van der Waals surface area contributed by atoms with Crippen LogP contribution in [0, 0.1) is 13.8 Å². The molecule has 0 atom stereocenters. The first-order valence-electron chi connectivity index (χ1n) is 6.79. The lowest BCUT2D eigenvalue weighted by Gasteiger charge is -2.11. The van der Waals surface area contributed by atoms with Crippen molar-refractivity contribution in [2.24, 2.45) is 5.10 Å². The molecule has 0 unspecified atom stereocenters. The van der Waals surface area contributed by atoms with E-state index >= 15 is 0 Å². The molecule has 3 nitrogen and oxygen atoms in total. The van der Waals surface area contributed by atoms with Crippen molar-refractivity contribution < 1.29 is 4.74 Å². The van der Waals surface area contributed by atoms with Crippen LogP contribution < -0.4 is 10.2 Å². The SMILES string of the molecule is CCOc1c(C)cc(C)cc1C=NNc1ccccc1. The molecule has 2 rings (SSSR count). The first-order chi connectivity index (χ1) is 9.70. The summed E-state index contributed by atoms with van der Waals surface area (Å²) in [6.07, 6.45) is 1.80. The van der Waals surface area contributed by atoms with E-state index in [0.717, 1.165) is 22.6 Å². The average Bonchev–Trinajstić information content (AvgIpc) is 2.43. The van der Waals surface area contributed by atoms with Crippen LogP contribution >= 0.6 is 0 Å². The highest BCUT2D eigenvalue weighted by Crippen LogP contribution is 2.24. The van der Waals surface area contributed by atoms with Crippen LogP contribution in [0.25, 0.3) is 0 Å². The molecule has 2 aromatic rings. The van der Waals surface area contributed by atoms with Gasteiger partial charge in [0.1, 0.15) is 5.75 Å². The summed E-state index contributed by atoms with van der Waals surface area (Å²) in [5, 5.41) is 4.28. The minimum Gasteiger partial charge on any atom is -0.493 e. The Morgan fingerprint density at radius 1 is 1.15 bits per heavy atom. The zero-order valence-electron chi connectivity index (χ0n) is 12.2. The van der Waals surface area contributed by atoms with Crippen molar-refractivity contribution in [3.63, 3.8) is 0 Å². The van der Waals surface area contributed by atoms with Crippen LogP contribution in [-0.2, 0) is 0 Å². The van der Waals surface area contributed by atoms with Gasteiger partial charge >= 0.3 is 0 Å². The second-order valence-electron chi connectivity index (χ2n) is 4.67. The molecule has 104 valence electrons. The van der Waals surface area contributed by atoms with Gasteiger partial charge in [0.15, 0.2) is 0 Å². The smallest absolute Gasteiger partial charge is 0.131 e. The molecule has 2 aromatic carbocycles. The fourth-order valence-electron chi connectivity index (χ4n) is 2.11. The van der Waals surface area contributed by atoms with E-state index in [0.29, 0.717) is 6.61 Å². The topological polar surface area (TPSA) is 33.6 Å². The molecule has 0 aliphatic carbocycles. The highest BCUT2D eigenvalue weighted by molar-refractivity contribution is 5.85. The zero-order valence-corrected chi connectivity index (χ0v) is 12.2. The lowest BCUT2D eigenvalue weighted by atomic mass is 10.1. The molecule has 0 aliphatic rings. The number of aryl methyl sites for hydroxylation is 2. The normalized spacial score (nSPS) is 10.8. The van der Waals surface area contributed by atoms with Crippen LogP contribution in [0.1, 0.15) is 23.6 Å². The predicted octanol–water partition coefficient (Wildman–Crippen LogP) is 4.15. The van der Waals surface area contributed by atoms with E-state index in [1.807, 2.05) is 37.3 Å². The predicted molar refractivity (Wildman–Crippen MR) is 84.7 cm³/mol. The number of nitrogens with one attached hydrogen (secondary N) is 1. The Labute approximate surface area is 120 Å². The summed E-state index contributed by atoms with van der Waals surface area (Å²) in [4.78, 5) is 0. The summed E-state index contributed by atoms with van der Waals surface area (Å²) in [5.74, 6) is 0.900. The molecular weight excluding hydrogens is 248 g/mol. The third kappa shape index (κ3) is 3.60. The largest absolute Gasteiger partial charge is 0.493 e. The van der Waals surface area contributed by atoms with Crippen molar-refractivity contribution in [3.8, 4) is 5.75 Å². The third-order valence-corrected chi connectivity index (χ3v) is 2.91. The van der Waals surface area contributed by atoms with Gasteiger partial charge in [0, 0.05) is 5.56 Å². The summed E-state index contributed by atoms with van der Waals surface area (Å²) in [6, 6.07) is 14.1. The summed E-state index contributed by atoms with van der Waals surface area (Å²) in [6.45, 7) is 6.77. The minimum absolute atomic E-state index is 0.650. The Balaban J connectivity index is 2.19. The number of rotatable bonds is 5. The van der Waals surface area contributed by atoms with Gasteiger partial charge in [0.25, 0.3) is 0 Å². The van der Waals surface area contributed by atoms with Crippen molar-refractivity contribution in [2.45, 2.75) is 20.8 Å². The molecule has 0 heterocycles. The van der Waals surface area contributed by atoms with Gasteiger partial charge in [0.05, 0.1) is 18.5 Å². The second kappa shape index (κ2) is 6.75. The minimum atomic E-state index is 0.650. The van der Waals surface area contributed by atoms with E-state index in [-0.39, 0.29) is 0 Å². The van der Waals surface area contributed by atoms with Gasteiger partial charge in [-0.15, -0.1) is 0 Å². The number of benzene rings is 2. The van der Waals surface area contributed by atoms with Crippen molar-refractivity contribution >= 4 is 11.9 Å². The van der Waals surface area contributed by atoms with Gasteiger partial charge in [-0.1, -0.05) is 24.3 Å². The van der Waals surface area contributed by atoms with Gasteiger partial charge in [-0.3, -0.25) is 5.43 Å². The number of hydrazone groups is 1. The van der Waals surface area contributed by atoms with E-state index in [9.17, 15) is 0 Å². The molecule has 0 spiro atoms. The first-order valence-corrected chi connectivity index (χ1v) is 6.79. The molecule has 0 radical (unpaired) electrons. The molecule has 0 amide bonds. The van der Waals surface area contributed by atoms with E-state index < -0.39 is 0 Å². The third-order valence-electron chi connectivity index (χ3n) is 2.91. The Morgan fingerprint density at radius 3 is 2.60 bits per heavy atom. The molecule has 0 fully saturated rings. The average molecular weight is 268 g/mol. The molecule has 0 aliphatic heterocycles. The first kappa shape index (κ1) is 14.1. The van der Waals surface area contributed by atoms with Crippen molar-refractivity contribution in [1.82, 2.24) is 0 Å². The van der Waals surface area contributed by atoms with Gasteiger partial charge in [0.2, 0.25) is 0 Å². The van der Waals surface area contributed by atoms with Gasteiger partial charge in [-0.25, -0.2) is 0 Å². The highest BCUT2D eigenvalue weighted by atomic mass is 16.5. The van der Waals surface area contributed by atoms with Crippen LogP contribution in [0.15, 0.2) is 47.6 Å². The van der Waals surface area contributed by atoms with Gasteiger partial charge in [-0.05, 0) is 50.1 Å². The lowest BCUT2D eigenvalue weighted by molar-refractivity contribution is 0.337. The number of nitrogens with zero attached hydrogens (tertiary/aromatic N) is 1. The Kier molecular flexibility index (Phi) is 4.77. The number of anilines is 1. The zero-order chi connectivity index (χ0) is 14.4. The van der Waals surface area contributed by atoms with Crippen LogP contribution in [0.2, 0.25) is 0 Å². The fourth-order valence-corrected chi connectivity index (χ4v) is 2.11. The van der Waals surface area contributed by atoms with E-state index in [2.05, 4.69) is 36.5 Å². The van der Waals surface area contributed by atoms with Crippen LogP contribution in [-0.4, -0.2) is 12.8 Å². The summed E-state index contributed by atoms with van der Waals surface area (Å²) < 4.78 is 5.71. The van der Waals surface area contributed by atoms with E-state index in [1.165, 1.54) is 5.56 Å². The number of para-hydroxylation sites is 1. The van der Waals surface area contributed by atoms with Crippen molar-refractivity contribution in [1.29, 1.82) is 0 Å². The van der Waals surface area contributed by atoms with Crippen LogP contribution in [0.3, 0.4) is 0 Å². The highest BCUT2D eigenvalue weighted by Gasteiger charge is 2.06. The molecule has 0 bridgehead atoms. The summed E-state index contributed by atoms with van der Waals surface area (Å²) >= 11 is 0. The molecular formula is C17H20N2O. The van der Waals surface area contributed by atoms with Crippen molar-refractivity contribution in [2.75, 3.05) is 12.0 Å². The Bertz CT molecular complexity index is 591. The maximum absolute atomic E-state index is 5.71. The monoisotopic (exact) mass is 268 g/mol. The summed E-state index contributed by atoms with van der Waals surface area (Å²) in [5.41, 5.74) is 7.31. The van der Waals surface area contributed by atoms with Gasteiger partial charge in [-0.2, -0.15) is 5.10 Å². The molecule has 0 aromatic heterocycles. The molecule has 3 heteroatoms. The maximum atomic E-state index is 5.71. The number of hydrogen-bond donors (Lipinski definition) is 1. The van der Waals surface area contributed by atoms with Crippen LogP contribution in [0.5, 0.6) is 5.75 Å².